The first-order valence-electron chi connectivity index (χ1n) is 10.3. The maximum Gasteiger partial charge on any atom is 0.252 e. The Morgan fingerprint density at radius 2 is 1.33 bits per heavy atom. The number of carbonyl (C=O) groups is 2. The number of anilines is 2. The van der Waals surface area contributed by atoms with Crippen molar-refractivity contribution in [2.45, 2.75) is 40.2 Å². The molecule has 1 unspecified atom stereocenters. The van der Waals surface area contributed by atoms with Crippen LogP contribution in [0.3, 0.4) is 0 Å². The summed E-state index contributed by atoms with van der Waals surface area (Å²) >= 11 is 0. The van der Waals surface area contributed by atoms with Gasteiger partial charge in [-0.25, -0.2) is 0 Å². The average molecular weight is 405 g/mol. The van der Waals surface area contributed by atoms with Gasteiger partial charge in [0.15, 0.2) is 0 Å². The largest absolute Gasteiger partial charge is 0.384 e. The van der Waals surface area contributed by atoms with Crippen LogP contribution in [-0.2, 0) is 9.59 Å². The first-order chi connectivity index (χ1) is 14.1. The molecule has 0 aromatic heterocycles. The number of aliphatic hydroxyl groups is 1. The van der Waals surface area contributed by atoms with Gasteiger partial charge in [-0.2, -0.15) is 0 Å². The SMILES string of the molecule is CC1(C)C=C1C(=O)Nc1ccc(C(O)c2ccc(NC(=O)[C@H]3CC3(C)C)cc2)cc1. The normalized spacial score (nSPS) is 21.2. The van der Waals surface area contributed by atoms with Crippen LogP contribution in [0.15, 0.2) is 60.2 Å². The number of nitrogens with one attached hydrogen (secondary N) is 2. The van der Waals surface area contributed by atoms with Gasteiger partial charge in [0.25, 0.3) is 5.91 Å². The third kappa shape index (κ3) is 4.17. The number of hydrogen-bond acceptors (Lipinski definition) is 3. The molecular weight excluding hydrogens is 376 g/mol. The molecular formula is C25H28N2O3. The van der Waals surface area contributed by atoms with Gasteiger partial charge in [-0.05, 0) is 47.2 Å². The molecule has 0 saturated heterocycles. The zero-order valence-corrected chi connectivity index (χ0v) is 17.8. The molecule has 1 saturated carbocycles. The van der Waals surface area contributed by atoms with Gasteiger partial charge in [0.05, 0.1) is 0 Å². The van der Waals surface area contributed by atoms with E-state index in [1.807, 2.05) is 44.2 Å². The first kappa shape index (κ1) is 20.4. The van der Waals surface area contributed by atoms with Gasteiger partial charge in [-0.3, -0.25) is 9.59 Å². The molecule has 156 valence electrons. The second-order valence-corrected chi connectivity index (χ2v) is 9.61. The Morgan fingerprint density at radius 1 is 0.900 bits per heavy atom. The highest BCUT2D eigenvalue weighted by atomic mass is 16.3. The highest BCUT2D eigenvalue weighted by Gasteiger charge is 2.50. The van der Waals surface area contributed by atoms with Gasteiger partial charge in [-0.1, -0.05) is 58.0 Å². The van der Waals surface area contributed by atoms with Crippen molar-refractivity contribution in [2.24, 2.45) is 16.7 Å². The van der Waals surface area contributed by atoms with Crippen LogP contribution in [0, 0.1) is 16.7 Å². The number of carbonyl (C=O) groups excluding carboxylic acids is 2. The molecule has 4 rings (SSSR count). The maximum atomic E-state index is 12.2. The standard InChI is InChI=1S/C25H28N2O3/c1-24(2)13-19(24)22(29)26-17-9-5-15(6-10-17)21(28)16-7-11-18(12-8-16)27-23(30)20-14-25(20,3)4/h5-13,20-21,28H,14H2,1-4H3,(H,26,29)(H,27,30)/t20-,21?/m1/s1. The van der Waals surface area contributed by atoms with Crippen molar-refractivity contribution in [1.82, 2.24) is 0 Å². The van der Waals surface area contributed by atoms with Gasteiger partial charge in [-0.15, -0.1) is 0 Å². The van der Waals surface area contributed by atoms with Crippen molar-refractivity contribution >= 4 is 23.2 Å². The fourth-order valence-corrected chi connectivity index (χ4v) is 3.72. The highest BCUT2D eigenvalue weighted by molar-refractivity contribution is 6.08. The molecule has 0 bridgehead atoms. The summed E-state index contributed by atoms with van der Waals surface area (Å²) in [6.45, 7) is 8.20. The van der Waals surface area contributed by atoms with Crippen molar-refractivity contribution in [3.8, 4) is 0 Å². The highest BCUT2D eigenvalue weighted by Crippen LogP contribution is 2.52. The van der Waals surface area contributed by atoms with Crippen molar-refractivity contribution in [2.75, 3.05) is 10.6 Å². The Hall–Kier alpha value is -2.92. The van der Waals surface area contributed by atoms with E-state index >= 15 is 0 Å². The second kappa shape index (κ2) is 7.10. The quantitative estimate of drug-likeness (QED) is 0.655. The molecule has 5 nitrogen and oxygen atoms in total. The maximum absolute atomic E-state index is 12.2. The molecule has 2 aliphatic carbocycles. The van der Waals surface area contributed by atoms with E-state index in [4.69, 9.17) is 0 Å². The molecule has 2 aromatic rings. The fraction of sp³-hybridized carbons (Fsp3) is 0.360. The third-order valence-corrected chi connectivity index (χ3v) is 6.17. The summed E-state index contributed by atoms with van der Waals surface area (Å²) in [6, 6.07) is 14.4. The number of allylic oxidation sites excluding steroid dienone is 1. The van der Waals surface area contributed by atoms with Crippen LogP contribution in [0.2, 0.25) is 0 Å². The van der Waals surface area contributed by atoms with Crippen LogP contribution in [0.5, 0.6) is 0 Å². The van der Waals surface area contributed by atoms with Crippen molar-refractivity contribution < 1.29 is 14.7 Å². The lowest BCUT2D eigenvalue weighted by atomic mass is 10.0. The molecule has 3 N–H and O–H groups in total. The zero-order chi connectivity index (χ0) is 21.7. The summed E-state index contributed by atoms with van der Waals surface area (Å²) in [5, 5.41) is 16.5. The molecule has 0 spiro atoms. The summed E-state index contributed by atoms with van der Waals surface area (Å²) < 4.78 is 0. The predicted octanol–water partition coefficient (Wildman–Crippen LogP) is 4.66. The number of amides is 2. The minimum atomic E-state index is -0.785. The topological polar surface area (TPSA) is 78.4 Å². The fourth-order valence-electron chi connectivity index (χ4n) is 3.72. The molecule has 0 heterocycles. The lowest BCUT2D eigenvalue weighted by Crippen LogP contribution is -2.16. The Balaban J connectivity index is 1.36. The van der Waals surface area contributed by atoms with E-state index in [-0.39, 0.29) is 28.6 Å². The number of hydrogen-bond donors (Lipinski definition) is 3. The van der Waals surface area contributed by atoms with E-state index in [1.165, 1.54) is 0 Å². The van der Waals surface area contributed by atoms with Crippen molar-refractivity contribution in [3.05, 3.63) is 71.3 Å². The minimum absolute atomic E-state index is 0.0521. The summed E-state index contributed by atoms with van der Waals surface area (Å²) in [5.74, 6) is 0.0425. The van der Waals surface area contributed by atoms with E-state index in [0.29, 0.717) is 5.69 Å². The van der Waals surface area contributed by atoms with Crippen LogP contribution < -0.4 is 10.6 Å². The van der Waals surface area contributed by atoms with Crippen LogP contribution >= 0.6 is 0 Å². The Morgan fingerprint density at radius 3 is 1.73 bits per heavy atom. The molecule has 2 amide bonds. The van der Waals surface area contributed by atoms with Gasteiger partial charge < -0.3 is 15.7 Å². The van der Waals surface area contributed by atoms with Crippen LogP contribution in [-0.4, -0.2) is 16.9 Å². The molecule has 2 aliphatic rings. The van der Waals surface area contributed by atoms with E-state index in [9.17, 15) is 14.7 Å². The van der Waals surface area contributed by atoms with E-state index in [1.54, 1.807) is 24.3 Å². The summed E-state index contributed by atoms with van der Waals surface area (Å²) in [7, 11) is 0. The Kier molecular flexibility index (Phi) is 4.82. The zero-order valence-electron chi connectivity index (χ0n) is 17.8. The second-order valence-electron chi connectivity index (χ2n) is 9.61. The van der Waals surface area contributed by atoms with Crippen LogP contribution in [0.1, 0.15) is 51.3 Å². The molecule has 0 radical (unpaired) electrons. The van der Waals surface area contributed by atoms with E-state index in [2.05, 4.69) is 24.5 Å². The molecule has 2 atom stereocenters. The molecule has 5 heteroatoms. The van der Waals surface area contributed by atoms with E-state index < -0.39 is 6.10 Å². The van der Waals surface area contributed by atoms with Crippen LogP contribution in [0.4, 0.5) is 11.4 Å². The Bertz CT molecular complexity index is 1020. The smallest absolute Gasteiger partial charge is 0.252 e. The third-order valence-electron chi connectivity index (χ3n) is 6.17. The van der Waals surface area contributed by atoms with Gasteiger partial charge in [0.1, 0.15) is 6.10 Å². The lowest BCUT2D eigenvalue weighted by molar-refractivity contribution is -0.118. The van der Waals surface area contributed by atoms with E-state index in [0.717, 1.165) is 28.8 Å². The minimum Gasteiger partial charge on any atom is -0.384 e. The number of aliphatic hydroxyl groups excluding tert-OH is 1. The summed E-state index contributed by atoms with van der Waals surface area (Å²) in [5.41, 5.74) is 3.67. The summed E-state index contributed by atoms with van der Waals surface area (Å²) in [4.78, 5) is 24.4. The predicted molar refractivity (Wildman–Crippen MR) is 118 cm³/mol. The summed E-state index contributed by atoms with van der Waals surface area (Å²) in [6.07, 6.45) is 2.08. The van der Waals surface area contributed by atoms with Crippen molar-refractivity contribution in [3.63, 3.8) is 0 Å². The Labute approximate surface area is 177 Å². The van der Waals surface area contributed by atoms with Crippen LogP contribution in [0.25, 0.3) is 0 Å². The lowest BCUT2D eigenvalue weighted by Gasteiger charge is -2.14. The number of benzene rings is 2. The monoisotopic (exact) mass is 404 g/mol. The van der Waals surface area contributed by atoms with Gasteiger partial charge >= 0.3 is 0 Å². The molecule has 0 aliphatic heterocycles. The molecule has 1 fully saturated rings. The van der Waals surface area contributed by atoms with Crippen molar-refractivity contribution in [1.29, 1.82) is 0 Å². The van der Waals surface area contributed by atoms with Gasteiger partial charge in [0.2, 0.25) is 5.91 Å². The molecule has 30 heavy (non-hydrogen) atoms. The van der Waals surface area contributed by atoms with Gasteiger partial charge in [0, 0.05) is 28.3 Å². The first-order valence-corrected chi connectivity index (χ1v) is 10.3. The molecule has 2 aromatic carbocycles. The average Bonchev–Trinajstić information content (AvgIpc) is 3.55. The number of rotatable bonds is 6.